The predicted octanol–water partition coefficient (Wildman–Crippen LogP) is 2.78. The van der Waals surface area contributed by atoms with Crippen molar-refractivity contribution in [3.8, 4) is 0 Å². The van der Waals surface area contributed by atoms with Gasteiger partial charge in [0.25, 0.3) is 0 Å². The molecule has 2 unspecified atom stereocenters. The zero-order valence-corrected chi connectivity index (χ0v) is 12.7. The minimum Gasteiger partial charge on any atom is -0.320 e. The second-order valence-electron chi connectivity index (χ2n) is 5.63. The summed E-state index contributed by atoms with van der Waals surface area (Å²) in [6.45, 7) is 12.9. The van der Waals surface area contributed by atoms with Gasteiger partial charge in [-0.2, -0.15) is 0 Å². The fourth-order valence-corrected chi connectivity index (χ4v) is 2.46. The maximum Gasteiger partial charge on any atom is 0.229 e. The lowest BCUT2D eigenvalue weighted by Crippen LogP contribution is -2.35. The molecule has 112 valence electrons. The van der Waals surface area contributed by atoms with E-state index in [9.17, 15) is 9.59 Å². The van der Waals surface area contributed by atoms with Crippen LogP contribution in [0.25, 0.3) is 0 Å². The third kappa shape index (κ3) is 4.51. The van der Waals surface area contributed by atoms with Crippen LogP contribution in [0, 0.1) is 11.8 Å². The van der Waals surface area contributed by atoms with E-state index in [1.54, 1.807) is 22.2 Å². The van der Waals surface area contributed by atoms with Gasteiger partial charge in [-0.3, -0.25) is 9.59 Å². The summed E-state index contributed by atoms with van der Waals surface area (Å²) in [5, 5.41) is 0. The Bertz CT molecular complexity index is 379. The SMILES string of the molecule is C=CN1CCC(C)CC1=O.C=CN1CCCC(C)C1=O. The molecule has 2 rings (SSSR count). The number of hydrogen-bond acceptors (Lipinski definition) is 2. The summed E-state index contributed by atoms with van der Waals surface area (Å²) in [4.78, 5) is 25.7. The van der Waals surface area contributed by atoms with Gasteiger partial charge in [0.1, 0.15) is 0 Å². The van der Waals surface area contributed by atoms with Gasteiger partial charge in [0.05, 0.1) is 0 Å². The third-order valence-electron chi connectivity index (χ3n) is 3.89. The molecule has 0 bridgehead atoms. The molecule has 2 atom stereocenters. The molecule has 4 nitrogen and oxygen atoms in total. The van der Waals surface area contributed by atoms with Crippen molar-refractivity contribution < 1.29 is 9.59 Å². The molecule has 0 radical (unpaired) electrons. The van der Waals surface area contributed by atoms with Gasteiger partial charge in [-0.1, -0.05) is 27.0 Å². The fourth-order valence-electron chi connectivity index (χ4n) is 2.46. The van der Waals surface area contributed by atoms with E-state index in [4.69, 9.17) is 0 Å². The molecule has 0 aromatic carbocycles. The van der Waals surface area contributed by atoms with Crippen LogP contribution in [0.2, 0.25) is 0 Å². The summed E-state index contributed by atoms with van der Waals surface area (Å²) in [6.07, 6.45) is 7.18. The van der Waals surface area contributed by atoms with Gasteiger partial charge in [0, 0.05) is 25.4 Å². The number of carbonyl (C=O) groups is 2. The number of nitrogens with zero attached hydrogens (tertiary/aromatic N) is 2. The van der Waals surface area contributed by atoms with Crippen molar-refractivity contribution in [2.24, 2.45) is 11.8 Å². The standard InChI is InChI=1S/2C8H13NO/c1-3-9-5-4-7(2)6-8(9)10;1-3-9-6-4-5-7(2)8(9)10/h2*3,7H,1,4-6H2,2H3. The van der Waals surface area contributed by atoms with Gasteiger partial charge >= 0.3 is 0 Å². The van der Waals surface area contributed by atoms with E-state index in [-0.39, 0.29) is 17.7 Å². The second-order valence-corrected chi connectivity index (χ2v) is 5.63. The zero-order chi connectivity index (χ0) is 15.1. The Kier molecular flexibility index (Phi) is 6.49. The average molecular weight is 278 g/mol. The van der Waals surface area contributed by atoms with Crippen LogP contribution in [0.1, 0.15) is 39.5 Å². The number of amides is 2. The summed E-state index contributed by atoms with van der Waals surface area (Å²) in [6, 6.07) is 0. The predicted molar refractivity (Wildman–Crippen MR) is 80.6 cm³/mol. The molecule has 0 N–H and O–H groups in total. The van der Waals surface area contributed by atoms with E-state index in [2.05, 4.69) is 20.1 Å². The molecule has 2 heterocycles. The van der Waals surface area contributed by atoms with Crippen LogP contribution in [-0.2, 0) is 9.59 Å². The van der Waals surface area contributed by atoms with E-state index in [0.717, 1.165) is 32.4 Å². The van der Waals surface area contributed by atoms with E-state index >= 15 is 0 Å². The van der Waals surface area contributed by atoms with E-state index in [1.807, 2.05) is 6.92 Å². The highest BCUT2D eigenvalue weighted by Gasteiger charge is 2.22. The van der Waals surface area contributed by atoms with Crippen molar-refractivity contribution in [3.63, 3.8) is 0 Å². The third-order valence-corrected chi connectivity index (χ3v) is 3.89. The lowest BCUT2D eigenvalue weighted by atomic mass is 9.99. The number of hydrogen-bond donors (Lipinski definition) is 0. The number of rotatable bonds is 2. The number of piperidine rings is 2. The normalized spacial score (nSPS) is 26.7. The van der Waals surface area contributed by atoms with Gasteiger partial charge < -0.3 is 9.80 Å². The molecule has 0 aromatic heterocycles. The Balaban J connectivity index is 0.000000200. The van der Waals surface area contributed by atoms with Crippen molar-refractivity contribution in [2.45, 2.75) is 39.5 Å². The zero-order valence-electron chi connectivity index (χ0n) is 12.7. The first kappa shape index (κ1) is 16.5. The van der Waals surface area contributed by atoms with E-state index in [0.29, 0.717) is 12.3 Å². The van der Waals surface area contributed by atoms with Crippen molar-refractivity contribution in [2.75, 3.05) is 13.1 Å². The molecule has 0 aromatic rings. The van der Waals surface area contributed by atoms with Crippen molar-refractivity contribution >= 4 is 11.8 Å². The molecule has 20 heavy (non-hydrogen) atoms. The Hall–Kier alpha value is -1.58. The Morgan fingerprint density at radius 2 is 1.70 bits per heavy atom. The van der Waals surface area contributed by atoms with Crippen molar-refractivity contribution in [3.05, 3.63) is 25.6 Å². The van der Waals surface area contributed by atoms with Crippen LogP contribution >= 0.6 is 0 Å². The molecule has 4 heteroatoms. The molecule has 2 saturated heterocycles. The van der Waals surface area contributed by atoms with Gasteiger partial charge in [-0.25, -0.2) is 0 Å². The Labute approximate surface area is 122 Å². The molecule has 2 fully saturated rings. The molecule has 2 aliphatic rings. The monoisotopic (exact) mass is 278 g/mol. The minimum absolute atomic E-state index is 0.201. The summed E-state index contributed by atoms with van der Waals surface area (Å²) in [7, 11) is 0. The van der Waals surface area contributed by atoms with Gasteiger partial charge in [-0.15, -0.1) is 0 Å². The van der Waals surface area contributed by atoms with Crippen molar-refractivity contribution in [1.82, 2.24) is 9.80 Å². The minimum atomic E-state index is 0.201. The molecular formula is C16H26N2O2. The smallest absolute Gasteiger partial charge is 0.229 e. The fraction of sp³-hybridized carbons (Fsp3) is 0.625. The van der Waals surface area contributed by atoms with Crippen LogP contribution in [0.15, 0.2) is 25.6 Å². The highest BCUT2D eigenvalue weighted by Crippen LogP contribution is 2.17. The van der Waals surface area contributed by atoms with Crippen LogP contribution in [-0.4, -0.2) is 34.7 Å². The molecular weight excluding hydrogens is 252 g/mol. The Morgan fingerprint density at radius 3 is 2.20 bits per heavy atom. The maximum absolute atomic E-state index is 11.2. The van der Waals surface area contributed by atoms with Crippen LogP contribution in [0.3, 0.4) is 0 Å². The summed E-state index contributed by atoms with van der Waals surface area (Å²) < 4.78 is 0. The molecule has 2 amide bonds. The molecule has 2 aliphatic heterocycles. The second kappa shape index (κ2) is 7.88. The molecule has 0 aliphatic carbocycles. The van der Waals surface area contributed by atoms with Gasteiger partial charge in [0.15, 0.2) is 0 Å². The highest BCUT2D eigenvalue weighted by atomic mass is 16.2. The first-order chi connectivity index (χ1) is 9.49. The number of likely N-dealkylation sites (tertiary alicyclic amines) is 2. The first-order valence-corrected chi connectivity index (χ1v) is 7.34. The van der Waals surface area contributed by atoms with Crippen LogP contribution < -0.4 is 0 Å². The van der Waals surface area contributed by atoms with Gasteiger partial charge in [0.2, 0.25) is 11.8 Å². The Morgan fingerprint density at radius 1 is 1.05 bits per heavy atom. The lowest BCUT2D eigenvalue weighted by molar-refractivity contribution is -0.134. The molecule has 0 spiro atoms. The molecule has 0 saturated carbocycles. The summed E-state index contributed by atoms with van der Waals surface area (Å²) in [5.74, 6) is 1.20. The first-order valence-electron chi connectivity index (χ1n) is 7.34. The van der Waals surface area contributed by atoms with E-state index in [1.165, 1.54) is 0 Å². The number of carbonyl (C=O) groups excluding carboxylic acids is 2. The highest BCUT2D eigenvalue weighted by molar-refractivity contribution is 5.80. The lowest BCUT2D eigenvalue weighted by Gasteiger charge is -2.27. The van der Waals surface area contributed by atoms with Crippen LogP contribution in [0.4, 0.5) is 0 Å². The van der Waals surface area contributed by atoms with Crippen LogP contribution in [0.5, 0.6) is 0 Å². The quantitative estimate of drug-likeness (QED) is 0.779. The largest absolute Gasteiger partial charge is 0.320 e. The van der Waals surface area contributed by atoms with Gasteiger partial charge in [-0.05, 0) is 37.6 Å². The average Bonchev–Trinajstić information content (AvgIpc) is 2.43. The summed E-state index contributed by atoms with van der Waals surface area (Å²) >= 11 is 0. The topological polar surface area (TPSA) is 40.6 Å². The maximum atomic E-state index is 11.2. The summed E-state index contributed by atoms with van der Waals surface area (Å²) in [5.41, 5.74) is 0. The van der Waals surface area contributed by atoms with Crippen molar-refractivity contribution in [1.29, 1.82) is 0 Å². The van der Waals surface area contributed by atoms with E-state index < -0.39 is 0 Å².